The zero-order valence-electron chi connectivity index (χ0n) is 12.7. The van der Waals surface area contributed by atoms with Gasteiger partial charge >= 0.3 is 0 Å². The van der Waals surface area contributed by atoms with Crippen LogP contribution in [0.25, 0.3) is 10.9 Å². The smallest absolute Gasteiger partial charge is 0.275 e. The summed E-state index contributed by atoms with van der Waals surface area (Å²) in [4.78, 5) is 25.0. The molecule has 8 heteroatoms. The van der Waals surface area contributed by atoms with Gasteiger partial charge in [-0.05, 0) is 31.7 Å². The molecule has 23 heavy (non-hydrogen) atoms. The molecule has 2 unspecified atom stereocenters. The second-order valence-electron chi connectivity index (χ2n) is 5.99. The number of non-ortho nitro benzene ring substituents is 1. The van der Waals surface area contributed by atoms with E-state index < -0.39 is 4.92 Å². The molecule has 1 fully saturated rings. The molecule has 2 N–H and O–H groups in total. The number of H-pyrrole nitrogens is 1. The van der Waals surface area contributed by atoms with Gasteiger partial charge in [-0.2, -0.15) is 5.10 Å². The maximum Gasteiger partial charge on any atom is 0.275 e. The van der Waals surface area contributed by atoms with Gasteiger partial charge in [0.1, 0.15) is 0 Å². The van der Waals surface area contributed by atoms with Crippen molar-refractivity contribution in [3.8, 4) is 0 Å². The normalized spacial score (nSPS) is 21.6. The molecule has 0 bridgehead atoms. The molecular weight excluding hydrogens is 300 g/mol. The minimum Gasteiger partial charge on any atom is -0.396 e. The van der Waals surface area contributed by atoms with E-state index in [4.69, 9.17) is 0 Å². The largest absolute Gasteiger partial charge is 0.396 e. The molecule has 1 aromatic carbocycles. The van der Waals surface area contributed by atoms with Gasteiger partial charge < -0.3 is 10.0 Å². The number of hydrogen-bond donors (Lipinski definition) is 2. The highest BCUT2D eigenvalue weighted by Crippen LogP contribution is 2.27. The molecule has 2 heterocycles. The van der Waals surface area contributed by atoms with Gasteiger partial charge in [-0.3, -0.25) is 20.0 Å². The molecule has 1 saturated heterocycles. The summed E-state index contributed by atoms with van der Waals surface area (Å²) in [7, 11) is 0. The minimum atomic E-state index is -0.494. The highest BCUT2D eigenvalue weighted by molar-refractivity contribution is 6.05. The Balaban J connectivity index is 1.96. The topological polar surface area (TPSA) is 112 Å². The quantitative estimate of drug-likeness (QED) is 0.660. The molecule has 8 nitrogen and oxygen atoms in total. The molecule has 2 aromatic rings. The number of aliphatic hydroxyl groups excluding tert-OH is 1. The number of rotatable bonds is 3. The van der Waals surface area contributed by atoms with Crippen molar-refractivity contribution in [2.75, 3.05) is 13.2 Å². The maximum absolute atomic E-state index is 12.8. The molecule has 122 valence electrons. The summed E-state index contributed by atoms with van der Waals surface area (Å²) < 4.78 is 0. The Bertz CT molecular complexity index is 757. The van der Waals surface area contributed by atoms with E-state index in [2.05, 4.69) is 10.2 Å². The maximum atomic E-state index is 12.8. The van der Waals surface area contributed by atoms with Crippen LogP contribution in [0.15, 0.2) is 18.2 Å². The molecule has 1 amide bonds. The van der Waals surface area contributed by atoms with Crippen molar-refractivity contribution >= 4 is 22.5 Å². The number of nitrogens with one attached hydrogen (secondary N) is 1. The highest BCUT2D eigenvalue weighted by atomic mass is 16.6. The number of hydrogen-bond acceptors (Lipinski definition) is 5. The van der Waals surface area contributed by atoms with E-state index in [0.717, 1.165) is 12.8 Å². The Morgan fingerprint density at radius 3 is 3.00 bits per heavy atom. The van der Waals surface area contributed by atoms with Crippen LogP contribution < -0.4 is 0 Å². The van der Waals surface area contributed by atoms with Crippen molar-refractivity contribution in [2.24, 2.45) is 5.92 Å². The molecule has 0 saturated carbocycles. The lowest BCUT2D eigenvalue weighted by Crippen LogP contribution is -2.46. The van der Waals surface area contributed by atoms with E-state index in [1.165, 1.54) is 12.1 Å². The third-order valence-electron chi connectivity index (χ3n) is 4.46. The van der Waals surface area contributed by atoms with Crippen LogP contribution in [0.3, 0.4) is 0 Å². The first-order chi connectivity index (χ1) is 11.0. The highest BCUT2D eigenvalue weighted by Gasteiger charge is 2.31. The zero-order chi connectivity index (χ0) is 16.6. The number of amides is 1. The number of likely N-dealkylation sites (tertiary alicyclic amines) is 1. The first-order valence-electron chi connectivity index (χ1n) is 7.55. The Morgan fingerprint density at radius 2 is 2.30 bits per heavy atom. The molecule has 1 aliphatic heterocycles. The van der Waals surface area contributed by atoms with Gasteiger partial charge in [0.2, 0.25) is 0 Å². The second-order valence-corrected chi connectivity index (χ2v) is 5.99. The summed E-state index contributed by atoms with van der Waals surface area (Å²) in [5, 5.41) is 27.5. The lowest BCUT2D eigenvalue weighted by atomic mass is 9.93. The molecular formula is C15H18N4O4. The fourth-order valence-corrected chi connectivity index (χ4v) is 3.03. The monoisotopic (exact) mass is 318 g/mol. The van der Waals surface area contributed by atoms with Crippen LogP contribution in [0.5, 0.6) is 0 Å². The Kier molecular flexibility index (Phi) is 3.99. The van der Waals surface area contributed by atoms with E-state index in [1.807, 2.05) is 6.92 Å². The van der Waals surface area contributed by atoms with Crippen LogP contribution in [0.4, 0.5) is 5.69 Å². The van der Waals surface area contributed by atoms with Crippen molar-refractivity contribution in [3.05, 3.63) is 34.0 Å². The molecule has 1 aliphatic rings. The number of nitrogens with zero attached hydrogens (tertiary/aromatic N) is 3. The summed E-state index contributed by atoms with van der Waals surface area (Å²) in [6.07, 6.45) is 1.70. The van der Waals surface area contributed by atoms with E-state index in [9.17, 15) is 20.0 Å². The van der Waals surface area contributed by atoms with Crippen LogP contribution in [-0.4, -0.2) is 50.2 Å². The molecule has 2 atom stereocenters. The number of nitro groups is 1. The van der Waals surface area contributed by atoms with Crippen LogP contribution in [0, 0.1) is 16.0 Å². The minimum absolute atomic E-state index is 0.0449. The fraction of sp³-hybridized carbons (Fsp3) is 0.467. The number of aromatic amines is 1. The van der Waals surface area contributed by atoms with Crippen molar-refractivity contribution < 1.29 is 14.8 Å². The van der Waals surface area contributed by atoms with E-state index in [-0.39, 0.29) is 35.9 Å². The van der Waals surface area contributed by atoms with Gasteiger partial charge in [-0.15, -0.1) is 0 Å². The molecule has 0 radical (unpaired) electrons. The lowest BCUT2D eigenvalue weighted by molar-refractivity contribution is -0.384. The summed E-state index contributed by atoms with van der Waals surface area (Å²) in [6.45, 7) is 2.48. The Morgan fingerprint density at radius 1 is 1.52 bits per heavy atom. The third-order valence-corrected chi connectivity index (χ3v) is 4.46. The van der Waals surface area contributed by atoms with Gasteiger partial charge in [0.15, 0.2) is 5.69 Å². The lowest BCUT2D eigenvalue weighted by Gasteiger charge is -2.37. The predicted octanol–water partition coefficient (Wildman–Crippen LogP) is 1.70. The average molecular weight is 318 g/mol. The van der Waals surface area contributed by atoms with Gasteiger partial charge in [-0.25, -0.2) is 0 Å². The Labute approximate surface area is 132 Å². The first kappa shape index (κ1) is 15.4. The number of nitro benzene ring substituents is 1. The number of aliphatic hydroxyl groups is 1. The number of benzene rings is 1. The van der Waals surface area contributed by atoms with Crippen LogP contribution in [0.1, 0.15) is 30.3 Å². The zero-order valence-corrected chi connectivity index (χ0v) is 12.7. The van der Waals surface area contributed by atoms with Gasteiger partial charge in [0.05, 0.1) is 10.4 Å². The number of piperidine rings is 1. The van der Waals surface area contributed by atoms with E-state index in [0.29, 0.717) is 17.4 Å². The number of fused-ring (bicyclic) bond motifs is 1. The van der Waals surface area contributed by atoms with E-state index >= 15 is 0 Å². The van der Waals surface area contributed by atoms with E-state index in [1.54, 1.807) is 11.0 Å². The molecule has 1 aromatic heterocycles. The average Bonchev–Trinajstić information content (AvgIpc) is 2.97. The SMILES string of the molecule is CC1CCC(CO)CN1C(=O)c1n[nH]c2ccc([N+](=O)[O-])cc12. The van der Waals surface area contributed by atoms with Crippen molar-refractivity contribution in [2.45, 2.75) is 25.8 Å². The first-order valence-corrected chi connectivity index (χ1v) is 7.55. The van der Waals surface area contributed by atoms with Gasteiger partial charge in [-0.1, -0.05) is 0 Å². The van der Waals surface area contributed by atoms with Crippen molar-refractivity contribution in [3.63, 3.8) is 0 Å². The molecule has 3 rings (SSSR count). The summed E-state index contributed by atoms with van der Waals surface area (Å²) in [6, 6.07) is 4.34. The number of aromatic nitrogens is 2. The number of carbonyl (C=O) groups is 1. The van der Waals surface area contributed by atoms with Crippen molar-refractivity contribution in [1.29, 1.82) is 0 Å². The van der Waals surface area contributed by atoms with Gasteiger partial charge in [0.25, 0.3) is 11.6 Å². The molecule has 0 spiro atoms. The summed E-state index contributed by atoms with van der Waals surface area (Å²) in [5.41, 5.74) is 0.698. The number of carbonyl (C=O) groups excluding carboxylic acids is 1. The Hall–Kier alpha value is -2.48. The summed E-state index contributed by atoms with van der Waals surface area (Å²) >= 11 is 0. The molecule has 0 aliphatic carbocycles. The van der Waals surface area contributed by atoms with Crippen LogP contribution in [0.2, 0.25) is 0 Å². The van der Waals surface area contributed by atoms with Gasteiger partial charge in [0, 0.05) is 36.7 Å². The standard InChI is InChI=1S/C15H18N4O4/c1-9-2-3-10(8-20)7-18(9)15(21)14-12-6-11(19(22)23)4-5-13(12)16-17-14/h4-6,9-10,20H,2-3,7-8H2,1H3,(H,16,17). The van der Waals surface area contributed by atoms with Crippen LogP contribution >= 0.6 is 0 Å². The third kappa shape index (κ3) is 2.77. The van der Waals surface area contributed by atoms with Crippen molar-refractivity contribution in [1.82, 2.24) is 15.1 Å². The summed E-state index contributed by atoms with van der Waals surface area (Å²) in [5.74, 6) is -0.197. The van der Waals surface area contributed by atoms with Crippen LogP contribution in [-0.2, 0) is 0 Å². The predicted molar refractivity (Wildman–Crippen MR) is 83.1 cm³/mol. The fourth-order valence-electron chi connectivity index (χ4n) is 3.03. The second kappa shape index (κ2) is 5.96.